The van der Waals surface area contributed by atoms with Crippen molar-refractivity contribution in [1.29, 1.82) is 0 Å². The van der Waals surface area contributed by atoms with Crippen molar-refractivity contribution in [2.24, 2.45) is 34.8 Å². The Kier molecular flexibility index (Phi) is 5.40. The Morgan fingerprint density at radius 2 is 1.72 bits per heavy atom. The van der Waals surface area contributed by atoms with E-state index in [0.717, 1.165) is 25.7 Å². The molecule has 4 atom stereocenters. The van der Waals surface area contributed by atoms with Crippen LogP contribution in [0.4, 0.5) is 4.39 Å². The average molecular weight is 466 g/mol. The number of primary amides is 1. The first-order chi connectivity index (χ1) is 13.8. The molecule has 3 aliphatic rings. The first kappa shape index (κ1) is 20.3. The summed E-state index contributed by atoms with van der Waals surface area (Å²) in [7, 11) is 0. The predicted molar refractivity (Wildman–Crippen MR) is 108 cm³/mol. The van der Waals surface area contributed by atoms with Crippen LogP contribution in [0.1, 0.15) is 37.7 Å². The van der Waals surface area contributed by atoms with Crippen molar-refractivity contribution in [2.45, 2.75) is 38.6 Å². The van der Waals surface area contributed by atoms with Crippen molar-refractivity contribution < 1.29 is 18.8 Å². The van der Waals surface area contributed by atoms with E-state index in [1.165, 1.54) is 6.07 Å². The second kappa shape index (κ2) is 7.70. The van der Waals surface area contributed by atoms with Crippen LogP contribution < -0.4 is 16.4 Å². The normalized spacial score (nSPS) is 28.3. The number of halogens is 2. The SMILES string of the molecule is NC(=O)CCNC(=O)[C@H]1[C@H](C(=O)NCc2ccc(Br)cc2F)[C@@H]2CC[C@H]1C21CC1. The van der Waals surface area contributed by atoms with Crippen molar-refractivity contribution >= 4 is 33.7 Å². The third kappa shape index (κ3) is 3.67. The molecule has 4 N–H and O–H groups in total. The fraction of sp³-hybridized carbons (Fsp3) is 0.571. The number of nitrogens with one attached hydrogen (secondary N) is 2. The number of benzene rings is 1. The smallest absolute Gasteiger partial charge is 0.224 e. The van der Waals surface area contributed by atoms with Gasteiger partial charge in [0.1, 0.15) is 5.82 Å². The summed E-state index contributed by atoms with van der Waals surface area (Å²) in [6.07, 6.45) is 4.14. The van der Waals surface area contributed by atoms with E-state index >= 15 is 0 Å². The lowest BCUT2D eigenvalue weighted by atomic mass is 9.78. The minimum absolute atomic E-state index is 0.0808. The molecule has 0 unspecified atom stereocenters. The molecule has 0 radical (unpaired) electrons. The lowest BCUT2D eigenvalue weighted by Crippen LogP contribution is -2.45. The monoisotopic (exact) mass is 465 g/mol. The summed E-state index contributed by atoms with van der Waals surface area (Å²) in [5.41, 5.74) is 5.68. The molecule has 156 valence electrons. The fourth-order valence-corrected chi connectivity index (χ4v) is 6.09. The topological polar surface area (TPSA) is 101 Å². The van der Waals surface area contributed by atoms with Crippen LogP contribution in [0.15, 0.2) is 22.7 Å². The minimum Gasteiger partial charge on any atom is -0.370 e. The van der Waals surface area contributed by atoms with E-state index in [0.29, 0.717) is 10.0 Å². The molecule has 3 saturated carbocycles. The van der Waals surface area contributed by atoms with Crippen molar-refractivity contribution in [1.82, 2.24) is 10.6 Å². The molecule has 1 aromatic carbocycles. The van der Waals surface area contributed by atoms with Gasteiger partial charge in [0, 0.05) is 29.5 Å². The molecule has 8 heteroatoms. The molecular formula is C21H25BrFN3O3. The molecule has 0 aliphatic heterocycles. The van der Waals surface area contributed by atoms with Crippen LogP contribution in [0.3, 0.4) is 0 Å². The van der Waals surface area contributed by atoms with Gasteiger partial charge in [-0.15, -0.1) is 0 Å². The van der Waals surface area contributed by atoms with Gasteiger partial charge in [-0.25, -0.2) is 4.39 Å². The maximum Gasteiger partial charge on any atom is 0.224 e. The molecule has 3 fully saturated rings. The molecule has 0 saturated heterocycles. The molecule has 0 aromatic heterocycles. The van der Waals surface area contributed by atoms with Crippen molar-refractivity contribution in [2.75, 3.05) is 6.54 Å². The first-order valence-electron chi connectivity index (χ1n) is 10.1. The maximum absolute atomic E-state index is 14.1. The largest absolute Gasteiger partial charge is 0.370 e. The van der Waals surface area contributed by atoms with Gasteiger partial charge in [-0.2, -0.15) is 0 Å². The summed E-state index contributed by atoms with van der Waals surface area (Å²) in [5, 5.41) is 5.66. The second-order valence-electron chi connectivity index (χ2n) is 8.54. The lowest BCUT2D eigenvalue weighted by Gasteiger charge is -2.29. The van der Waals surface area contributed by atoms with Crippen LogP contribution in [0.5, 0.6) is 0 Å². The molecular weight excluding hydrogens is 441 g/mol. The third-order valence-corrected chi connectivity index (χ3v) is 7.58. The van der Waals surface area contributed by atoms with E-state index in [-0.39, 0.29) is 60.3 Å². The van der Waals surface area contributed by atoms with Crippen molar-refractivity contribution in [3.63, 3.8) is 0 Å². The van der Waals surface area contributed by atoms with Crippen LogP contribution >= 0.6 is 15.9 Å². The van der Waals surface area contributed by atoms with Gasteiger partial charge in [-0.1, -0.05) is 22.0 Å². The molecule has 0 heterocycles. The molecule has 29 heavy (non-hydrogen) atoms. The quantitative estimate of drug-likeness (QED) is 0.575. The Labute approximate surface area is 177 Å². The van der Waals surface area contributed by atoms with E-state index < -0.39 is 11.8 Å². The van der Waals surface area contributed by atoms with Gasteiger partial charge in [0.05, 0.1) is 11.8 Å². The Morgan fingerprint density at radius 1 is 1.10 bits per heavy atom. The first-order valence-corrected chi connectivity index (χ1v) is 10.9. The zero-order chi connectivity index (χ0) is 20.8. The van der Waals surface area contributed by atoms with Gasteiger partial charge in [0.2, 0.25) is 17.7 Å². The van der Waals surface area contributed by atoms with Gasteiger partial charge in [0.15, 0.2) is 0 Å². The Morgan fingerprint density at radius 3 is 2.28 bits per heavy atom. The van der Waals surface area contributed by atoms with Gasteiger partial charge >= 0.3 is 0 Å². The Hall–Kier alpha value is -1.96. The fourth-order valence-electron chi connectivity index (χ4n) is 5.75. The van der Waals surface area contributed by atoms with Gasteiger partial charge < -0.3 is 16.4 Å². The van der Waals surface area contributed by atoms with Crippen LogP contribution in [0.25, 0.3) is 0 Å². The highest BCUT2D eigenvalue weighted by Crippen LogP contribution is 2.74. The summed E-state index contributed by atoms with van der Waals surface area (Å²) in [6.45, 7) is 0.280. The second-order valence-corrected chi connectivity index (χ2v) is 9.45. The van der Waals surface area contributed by atoms with Crippen LogP contribution in [0, 0.1) is 34.9 Å². The Balaban J connectivity index is 1.46. The summed E-state index contributed by atoms with van der Waals surface area (Å²) >= 11 is 3.22. The summed E-state index contributed by atoms with van der Waals surface area (Å²) in [4.78, 5) is 37.0. The average Bonchev–Trinajstić information content (AvgIpc) is 3.33. The number of carbonyl (C=O) groups excluding carboxylic acids is 3. The van der Waals surface area contributed by atoms with Crippen molar-refractivity contribution in [3.8, 4) is 0 Å². The summed E-state index contributed by atoms with van der Waals surface area (Å²) < 4.78 is 14.7. The number of carbonyl (C=O) groups is 3. The van der Waals surface area contributed by atoms with Crippen molar-refractivity contribution in [3.05, 3.63) is 34.1 Å². The van der Waals surface area contributed by atoms with E-state index in [4.69, 9.17) is 5.73 Å². The molecule has 1 spiro atoms. The number of hydrogen-bond donors (Lipinski definition) is 3. The molecule has 3 aliphatic carbocycles. The predicted octanol–water partition coefficient (Wildman–Crippen LogP) is 2.25. The number of nitrogens with two attached hydrogens (primary N) is 1. The minimum atomic E-state index is -0.470. The zero-order valence-corrected chi connectivity index (χ0v) is 17.6. The van der Waals surface area contributed by atoms with Crippen LogP contribution in [-0.2, 0) is 20.9 Å². The van der Waals surface area contributed by atoms with Crippen LogP contribution in [0.2, 0.25) is 0 Å². The van der Waals surface area contributed by atoms with E-state index in [1.807, 2.05) is 0 Å². The summed E-state index contributed by atoms with van der Waals surface area (Å²) in [6, 6.07) is 4.74. The molecule has 2 bridgehead atoms. The summed E-state index contributed by atoms with van der Waals surface area (Å²) in [5.74, 6) is -1.58. The van der Waals surface area contributed by atoms with Gasteiger partial charge in [-0.3, -0.25) is 14.4 Å². The highest BCUT2D eigenvalue weighted by atomic mass is 79.9. The number of rotatable bonds is 7. The number of hydrogen-bond acceptors (Lipinski definition) is 3. The molecule has 4 rings (SSSR count). The standard InChI is InChI=1S/C21H25BrFN3O3/c22-12-2-1-11(15(23)9-12)10-26-20(29)18-14-4-3-13(21(14)6-7-21)17(18)19(28)25-8-5-16(24)27/h1-2,9,13-14,17-18H,3-8,10H2,(H2,24,27)(H,25,28)(H,26,29)/t13-,14+,17-,18-/m1/s1. The van der Waals surface area contributed by atoms with E-state index in [2.05, 4.69) is 26.6 Å². The zero-order valence-electron chi connectivity index (χ0n) is 16.0. The lowest BCUT2D eigenvalue weighted by molar-refractivity contribution is -0.137. The third-order valence-electron chi connectivity index (χ3n) is 7.09. The molecule has 6 nitrogen and oxygen atoms in total. The van der Waals surface area contributed by atoms with Crippen LogP contribution in [-0.4, -0.2) is 24.3 Å². The molecule has 1 aromatic rings. The van der Waals surface area contributed by atoms with E-state index in [9.17, 15) is 18.8 Å². The number of amides is 3. The maximum atomic E-state index is 14.1. The Bertz CT molecular complexity index is 858. The van der Waals surface area contributed by atoms with E-state index in [1.54, 1.807) is 12.1 Å². The molecule has 3 amide bonds. The highest BCUT2D eigenvalue weighted by molar-refractivity contribution is 9.10. The highest BCUT2D eigenvalue weighted by Gasteiger charge is 2.71. The van der Waals surface area contributed by atoms with Gasteiger partial charge in [-0.05, 0) is 55.1 Å². The van der Waals surface area contributed by atoms with Gasteiger partial charge in [0.25, 0.3) is 0 Å².